The number of piperazine rings is 1. The number of hydrogen-bond acceptors (Lipinski definition) is 13. The summed E-state index contributed by atoms with van der Waals surface area (Å²) >= 11 is 0. The van der Waals surface area contributed by atoms with Crippen LogP contribution in [-0.2, 0) is 19.2 Å². The lowest BCUT2D eigenvalue weighted by Gasteiger charge is -2.41. The number of benzene rings is 1. The monoisotopic (exact) mass is 923 g/mol. The van der Waals surface area contributed by atoms with Gasteiger partial charge in [0, 0.05) is 104 Å². The fourth-order valence-corrected chi connectivity index (χ4v) is 10.1. The maximum absolute atomic E-state index is 15.3. The zero-order valence-corrected chi connectivity index (χ0v) is 38.9. The Kier molecular flexibility index (Phi) is 13.4. The van der Waals surface area contributed by atoms with Crippen molar-refractivity contribution in [1.82, 2.24) is 45.0 Å². The Labute approximate surface area is 395 Å². The van der Waals surface area contributed by atoms with Crippen LogP contribution in [0.4, 0.5) is 21.8 Å². The maximum Gasteiger partial charge on any atom is 0.249 e. The first-order chi connectivity index (χ1) is 32.9. The molecule has 4 aliphatic heterocycles. The third-order valence-electron chi connectivity index (χ3n) is 14.3. The van der Waals surface area contributed by atoms with Gasteiger partial charge >= 0.3 is 0 Å². The van der Waals surface area contributed by atoms with Gasteiger partial charge < -0.3 is 25.3 Å². The number of rotatable bonds is 12. The Morgan fingerprint density at radius 2 is 1.62 bits per heavy atom. The fourth-order valence-electron chi connectivity index (χ4n) is 10.1. The summed E-state index contributed by atoms with van der Waals surface area (Å²) in [5.41, 5.74) is 5.15. The first kappa shape index (κ1) is 46.1. The zero-order chi connectivity index (χ0) is 47.5. The molecule has 0 aliphatic carbocycles. The number of nitrogens with zero attached hydrogens (tertiary/aromatic N) is 10. The number of aromatic nitrogens is 5. The Bertz CT molecular complexity index is 2710. The zero-order valence-electron chi connectivity index (χ0n) is 38.9. The van der Waals surface area contributed by atoms with Crippen LogP contribution in [0.1, 0.15) is 82.8 Å². The van der Waals surface area contributed by atoms with Crippen LogP contribution in [0.2, 0.25) is 0 Å². The molecule has 3 N–H and O–H groups in total. The van der Waals surface area contributed by atoms with E-state index in [-0.39, 0.29) is 47.3 Å². The number of piperidine rings is 3. The smallest absolute Gasteiger partial charge is 0.249 e. The minimum absolute atomic E-state index is 0.0311. The van der Waals surface area contributed by atoms with E-state index in [2.05, 4.69) is 48.7 Å². The first-order valence-corrected chi connectivity index (χ1v) is 23.8. The Morgan fingerprint density at radius 3 is 2.26 bits per heavy atom. The van der Waals surface area contributed by atoms with Crippen molar-refractivity contribution >= 4 is 46.6 Å². The Balaban J connectivity index is 0.781. The van der Waals surface area contributed by atoms with E-state index in [9.17, 15) is 24.4 Å². The molecular weight excluding hydrogens is 866 g/mol. The highest BCUT2D eigenvalue weighted by Crippen LogP contribution is 2.38. The summed E-state index contributed by atoms with van der Waals surface area (Å²) in [5, 5.41) is 23.0. The molecule has 1 atom stereocenters. The molecule has 4 aliphatic rings. The van der Waals surface area contributed by atoms with E-state index in [4.69, 9.17) is 15.0 Å². The van der Waals surface area contributed by atoms with Gasteiger partial charge in [0.1, 0.15) is 23.7 Å². The number of carbonyl (C=O) groups is 4. The summed E-state index contributed by atoms with van der Waals surface area (Å²) in [7, 11) is 0. The van der Waals surface area contributed by atoms with Crippen molar-refractivity contribution in [3.63, 3.8) is 0 Å². The number of imide groups is 1. The van der Waals surface area contributed by atoms with Gasteiger partial charge in [-0.3, -0.25) is 29.4 Å². The van der Waals surface area contributed by atoms with Crippen LogP contribution in [0.25, 0.3) is 27.8 Å². The summed E-state index contributed by atoms with van der Waals surface area (Å²) in [6, 6.07) is 12.8. The van der Waals surface area contributed by atoms with Gasteiger partial charge in [-0.15, -0.1) is 0 Å². The van der Waals surface area contributed by atoms with Crippen molar-refractivity contribution in [1.29, 1.82) is 5.26 Å². The number of anilines is 3. The standard InChI is InChI=1S/C50H58FN13O4/c1-4-50(48(68)57-32(2)3)13-17-61(18-14-50)43-9-5-34(26-53-43)40-23-35(30-64-46(40)36(25-52)29-56-64)37-27-54-49(55-28-37)63-21-19-62(20-22-63)45(66)31-60-15-11-33(12-16-60)39-7-6-38(24-41(39)51)58-42-8-10-44(65)59-47(42)67/h5-7,9,23-24,26-30,32-33,42,58H,4,8,10-22,31H2,1-3H3,(H,57,68)(H,59,65,67). The molecule has 4 fully saturated rings. The maximum atomic E-state index is 15.3. The third kappa shape index (κ3) is 9.71. The molecule has 17 nitrogen and oxygen atoms in total. The van der Waals surface area contributed by atoms with Gasteiger partial charge in [-0.25, -0.2) is 23.9 Å². The number of halogens is 1. The molecule has 4 saturated heterocycles. The second-order valence-corrected chi connectivity index (χ2v) is 18.8. The number of carbonyl (C=O) groups excluding carboxylic acids is 4. The second kappa shape index (κ2) is 19.7. The lowest BCUT2D eigenvalue weighted by molar-refractivity contribution is -0.134. The Morgan fingerprint density at radius 1 is 0.882 bits per heavy atom. The molecule has 0 spiro atoms. The molecule has 0 bridgehead atoms. The van der Waals surface area contributed by atoms with E-state index in [0.29, 0.717) is 80.5 Å². The van der Waals surface area contributed by atoms with Crippen molar-refractivity contribution in [2.24, 2.45) is 5.41 Å². The topological polar surface area (TPSA) is 197 Å². The summed E-state index contributed by atoms with van der Waals surface area (Å²) < 4.78 is 17.0. The normalized spacial score (nSPS) is 19.2. The highest BCUT2D eigenvalue weighted by molar-refractivity contribution is 6.01. The van der Waals surface area contributed by atoms with Crippen LogP contribution in [0.3, 0.4) is 0 Å². The van der Waals surface area contributed by atoms with E-state index >= 15 is 4.39 Å². The quantitative estimate of drug-likeness (QED) is 0.140. The number of hydrogen-bond donors (Lipinski definition) is 3. The highest BCUT2D eigenvalue weighted by atomic mass is 19.1. The van der Waals surface area contributed by atoms with Gasteiger partial charge in [-0.05, 0) is 107 Å². The van der Waals surface area contributed by atoms with Crippen molar-refractivity contribution in [2.45, 2.75) is 83.7 Å². The van der Waals surface area contributed by atoms with Gasteiger partial charge in [-0.2, -0.15) is 10.4 Å². The molecule has 5 aromatic rings. The second-order valence-electron chi connectivity index (χ2n) is 18.8. The van der Waals surface area contributed by atoms with E-state index < -0.39 is 11.9 Å². The predicted molar refractivity (Wildman–Crippen MR) is 255 cm³/mol. The minimum atomic E-state index is -0.578. The molecule has 68 heavy (non-hydrogen) atoms. The number of pyridine rings is 2. The number of fused-ring (bicyclic) bond motifs is 1. The van der Waals surface area contributed by atoms with Gasteiger partial charge in [-0.1, -0.05) is 13.0 Å². The van der Waals surface area contributed by atoms with Crippen LogP contribution in [-0.4, -0.2) is 129 Å². The molecule has 18 heteroatoms. The third-order valence-corrected chi connectivity index (χ3v) is 14.3. The van der Waals surface area contributed by atoms with Crippen LogP contribution >= 0.6 is 0 Å². The molecular formula is C50H58FN13O4. The molecule has 1 unspecified atom stereocenters. The van der Waals surface area contributed by atoms with Crippen molar-refractivity contribution in [3.8, 4) is 28.3 Å². The van der Waals surface area contributed by atoms with Crippen molar-refractivity contribution < 1.29 is 23.6 Å². The predicted octanol–water partition coefficient (Wildman–Crippen LogP) is 5.13. The van der Waals surface area contributed by atoms with Crippen molar-refractivity contribution in [2.75, 3.05) is 74.0 Å². The van der Waals surface area contributed by atoms with Crippen molar-refractivity contribution in [3.05, 3.63) is 84.3 Å². The molecule has 8 heterocycles. The van der Waals surface area contributed by atoms with E-state index in [1.54, 1.807) is 35.2 Å². The van der Waals surface area contributed by atoms with Crippen LogP contribution in [0.5, 0.6) is 0 Å². The number of nitriles is 1. The van der Waals surface area contributed by atoms with Gasteiger partial charge in [0.2, 0.25) is 29.6 Å². The van der Waals surface area contributed by atoms with Crippen LogP contribution < -0.4 is 25.8 Å². The summed E-state index contributed by atoms with van der Waals surface area (Å²) in [6.07, 6.45) is 13.2. The highest BCUT2D eigenvalue weighted by Gasteiger charge is 2.40. The molecule has 0 radical (unpaired) electrons. The van der Waals surface area contributed by atoms with E-state index in [0.717, 1.165) is 73.3 Å². The SMILES string of the molecule is CCC1(C(=O)NC(C)C)CCN(c2ccc(-c3cc(-c4cnc(N5CCN(C(=O)CN6CCC(c7ccc(NC8CCC(=O)NC8=O)cc7F)CC6)CC5)nc4)cn4ncc(C#N)c34)cn2)CC1. The van der Waals surface area contributed by atoms with Crippen LogP contribution in [0, 0.1) is 22.6 Å². The minimum Gasteiger partial charge on any atom is -0.374 e. The van der Waals surface area contributed by atoms with Gasteiger partial charge in [0.15, 0.2) is 0 Å². The largest absolute Gasteiger partial charge is 0.374 e. The molecule has 4 aromatic heterocycles. The number of amides is 4. The lowest BCUT2D eigenvalue weighted by Crippen LogP contribution is -2.52. The van der Waals surface area contributed by atoms with Gasteiger partial charge in [0.25, 0.3) is 0 Å². The van der Waals surface area contributed by atoms with Gasteiger partial charge in [0.05, 0.1) is 29.2 Å². The first-order valence-electron chi connectivity index (χ1n) is 23.8. The fraction of sp³-hybridized carbons (Fsp3) is 0.460. The summed E-state index contributed by atoms with van der Waals surface area (Å²) in [6.45, 7) is 11.5. The average Bonchev–Trinajstić information content (AvgIpc) is 3.78. The molecule has 1 aromatic carbocycles. The summed E-state index contributed by atoms with van der Waals surface area (Å²) in [4.78, 5) is 72.9. The van der Waals surface area contributed by atoms with Crippen LogP contribution in [0.15, 0.2) is 67.4 Å². The molecule has 9 rings (SSSR count). The Hall–Kier alpha value is -7.00. The average molecular weight is 924 g/mol. The number of nitrogens with one attached hydrogen (secondary N) is 3. The molecule has 0 saturated carbocycles. The molecule has 4 amide bonds. The summed E-state index contributed by atoms with van der Waals surface area (Å²) in [5.74, 6) is 0.641. The van der Waals surface area contributed by atoms with E-state index in [1.165, 1.54) is 6.07 Å². The molecule has 354 valence electrons. The lowest BCUT2D eigenvalue weighted by atomic mass is 9.75. The van der Waals surface area contributed by atoms with E-state index in [1.807, 2.05) is 49.3 Å². The number of likely N-dealkylation sites (tertiary alicyclic amines) is 1.